The van der Waals surface area contributed by atoms with Crippen molar-refractivity contribution in [2.75, 3.05) is 13.7 Å². The van der Waals surface area contributed by atoms with Crippen LogP contribution in [0.3, 0.4) is 0 Å². The highest BCUT2D eigenvalue weighted by Crippen LogP contribution is 2.41. The maximum absolute atomic E-state index is 12.8. The summed E-state index contributed by atoms with van der Waals surface area (Å²) in [4.78, 5) is 14.6. The fraction of sp³-hybridized carbons (Fsp3) is 0.208. The van der Waals surface area contributed by atoms with E-state index in [4.69, 9.17) is 9.47 Å². The zero-order valence-corrected chi connectivity index (χ0v) is 15.9. The van der Waals surface area contributed by atoms with Crippen LogP contribution in [0.5, 0.6) is 5.75 Å². The van der Waals surface area contributed by atoms with Gasteiger partial charge in [-0.15, -0.1) is 0 Å². The fourth-order valence-electron chi connectivity index (χ4n) is 3.83. The van der Waals surface area contributed by atoms with Gasteiger partial charge in [0.2, 0.25) is 6.10 Å². The molecule has 0 aromatic heterocycles. The number of amides is 1. The Labute approximate surface area is 165 Å². The van der Waals surface area contributed by atoms with Crippen LogP contribution in [-0.4, -0.2) is 36.6 Å². The Morgan fingerprint density at radius 2 is 1.64 bits per heavy atom. The van der Waals surface area contributed by atoms with E-state index in [0.29, 0.717) is 24.5 Å². The molecule has 28 heavy (non-hydrogen) atoms. The summed E-state index contributed by atoms with van der Waals surface area (Å²) in [5.74, 6) is 1.33. The van der Waals surface area contributed by atoms with Gasteiger partial charge in [-0.2, -0.15) is 0 Å². The monoisotopic (exact) mass is 373 g/mol. The predicted octanol–water partition coefficient (Wildman–Crippen LogP) is 4.22. The summed E-state index contributed by atoms with van der Waals surface area (Å²) in [5, 5.41) is 0. The zero-order chi connectivity index (χ0) is 19.7. The van der Waals surface area contributed by atoms with Crippen molar-refractivity contribution in [3.63, 3.8) is 0 Å². The number of methoxy groups -OCH3 is 1. The van der Waals surface area contributed by atoms with Crippen molar-refractivity contribution in [3.8, 4) is 5.75 Å². The van der Waals surface area contributed by atoms with E-state index in [9.17, 15) is 4.79 Å². The lowest BCUT2D eigenvalue weighted by Crippen LogP contribution is -2.68. The highest BCUT2D eigenvalue weighted by atomic mass is 16.5. The van der Waals surface area contributed by atoms with E-state index < -0.39 is 6.10 Å². The molecular formula is C24H23NO3. The van der Waals surface area contributed by atoms with Crippen LogP contribution in [0.25, 0.3) is 5.57 Å². The molecule has 2 unspecified atom stereocenters. The normalized spacial score (nSPS) is 24.8. The fourth-order valence-corrected chi connectivity index (χ4v) is 3.83. The molecule has 2 aliphatic heterocycles. The molecule has 0 radical (unpaired) electrons. The second-order valence-electron chi connectivity index (χ2n) is 6.97. The predicted molar refractivity (Wildman–Crippen MR) is 110 cm³/mol. The number of para-hydroxylation sites is 1. The molecule has 2 aliphatic rings. The molecule has 1 amide bonds. The van der Waals surface area contributed by atoms with Gasteiger partial charge in [-0.05, 0) is 35.3 Å². The van der Waals surface area contributed by atoms with E-state index in [2.05, 4.69) is 13.2 Å². The van der Waals surface area contributed by atoms with E-state index in [1.165, 1.54) is 0 Å². The first-order valence-electron chi connectivity index (χ1n) is 9.35. The highest BCUT2D eigenvalue weighted by molar-refractivity contribution is 5.93. The van der Waals surface area contributed by atoms with Crippen LogP contribution < -0.4 is 4.74 Å². The smallest absolute Gasteiger partial charge is 0.267 e. The molecule has 0 saturated carbocycles. The molecule has 2 aromatic rings. The summed E-state index contributed by atoms with van der Waals surface area (Å²) in [7, 11) is 1.64. The molecule has 0 N–H and O–H groups in total. The van der Waals surface area contributed by atoms with Gasteiger partial charge in [0, 0.05) is 12.1 Å². The van der Waals surface area contributed by atoms with E-state index in [1.54, 1.807) is 7.11 Å². The Kier molecular flexibility index (Phi) is 4.78. The summed E-state index contributed by atoms with van der Waals surface area (Å²) in [6.07, 6.45) is 0.0575. The highest BCUT2D eigenvalue weighted by Gasteiger charge is 2.53. The van der Waals surface area contributed by atoms with Crippen molar-refractivity contribution in [1.82, 2.24) is 4.90 Å². The van der Waals surface area contributed by atoms with Crippen LogP contribution in [0.1, 0.15) is 12.0 Å². The van der Waals surface area contributed by atoms with Crippen LogP contribution in [-0.2, 0) is 9.53 Å². The van der Waals surface area contributed by atoms with Crippen molar-refractivity contribution in [1.29, 1.82) is 0 Å². The van der Waals surface area contributed by atoms with E-state index in [-0.39, 0.29) is 11.9 Å². The number of hydrogen-bond acceptors (Lipinski definition) is 3. The minimum absolute atomic E-state index is 0.0314. The number of rotatable bonds is 4. The molecule has 142 valence electrons. The van der Waals surface area contributed by atoms with Crippen molar-refractivity contribution >= 4 is 11.5 Å². The molecule has 4 nitrogen and oxygen atoms in total. The standard InChI is InChI=1S/C24H23NO3/c1-16-14-15-25-21(23(24(25)26)28-19-12-8-5-9-13-19)22(27-3)20(17(16)2)18-10-6-4-7-11-18/h4-13,21,23H,1-2,14-15H2,3H3/b22-20-. The van der Waals surface area contributed by atoms with Gasteiger partial charge < -0.3 is 14.4 Å². The zero-order valence-electron chi connectivity index (χ0n) is 15.9. The molecule has 4 rings (SSSR count). The third-order valence-electron chi connectivity index (χ3n) is 5.34. The molecule has 0 aliphatic carbocycles. The van der Waals surface area contributed by atoms with Crippen LogP contribution in [0.15, 0.2) is 90.7 Å². The van der Waals surface area contributed by atoms with Gasteiger partial charge in [0.1, 0.15) is 17.6 Å². The minimum atomic E-state index is -0.616. The average Bonchev–Trinajstić information content (AvgIpc) is 2.73. The van der Waals surface area contributed by atoms with E-state index in [1.807, 2.05) is 65.6 Å². The molecule has 0 spiro atoms. The number of hydrogen-bond donors (Lipinski definition) is 0. The number of nitrogens with zero attached hydrogens (tertiary/aromatic N) is 1. The number of ether oxygens (including phenoxy) is 2. The number of benzene rings is 2. The summed E-state index contributed by atoms with van der Waals surface area (Å²) in [6, 6.07) is 19.1. The first-order chi connectivity index (χ1) is 13.6. The molecule has 1 fully saturated rings. The summed E-state index contributed by atoms with van der Waals surface area (Å²) < 4.78 is 11.9. The molecule has 4 heteroatoms. The third-order valence-corrected chi connectivity index (χ3v) is 5.34. The van der Waals surface area contributed by atoms with Crippen molar-refractivity contribution < 1.29 is 14.3 Å². The Morgan fingerprint density at radius 3 is 2.29 bits per heavy atom. The minimum Gasteiger partial charge on any atom is -0.498 e. The summed E-state index contributed by atoms with van der Waals surface area (Å²) in [5.41, 5.74) is 3.63. The van der Waals surface area contributed by atoms with Gasteiger partial charge >= 0.3 is 0 Å². The number of fused-ring (bicyclic) bond motifs is 1. The van der Waals surface area contributed by atoms with Crippen LogP contribution >= 0.6 is 0 Å². The number of allylic oxidation sites excluding steroid dienone is 2. The van der Waals surface area contributed by atoms with Crippen LogP contribution in [0, 0.1) is 0 Å². The van der Waals surface area contributed by atoms with Gasteiger partial charge in [-0.3, -0.25) is 4.79 Å². The Hall–Kier alpha value is -3.27. The van der Waals surface area contributed by atoms with E-state index in [0.717, 1.165) is 22.3 Å². The lowest BCUT2D eigenvalue weighted by Gasteiger charge is -2.48. The van der Waals surface area contributed by atoms with Crippen molar-refractivity contribution in [2.24, 2.45) is 0 Å². The number of carbonyl (C=O) groups is 1. The second-order valence-corrected chi connectivity index (χ2v) is 6.97. The van der Waals surface area contributed by atoms with Gasteiger partial charge in [0.15, 0.2) is 0 Å². The van der Waals surface area contributed by atoms with Crippen molar-refractivity contribution in [3.05, 3.63) is 96.3 Å². The first-order valence-corrected chi connectivity index (χ1v) is 9.35. The molecule has 0 bridgehead atoms. The molecule has 2 aromatic carbocycles. The quantitative estimate of drug-likeness (QED) is 0.754. The number of β-lactam (4-membered cyclic amide) rings is 1. The van der Waals surface area contributed by atoms with Gasteiger partial charge in [-0.1, -0.05) is 61.7 Å². The third kappa shape index (κ3) is 3.01. The molecule has 2 heterocycles. The molecule has 2 atom stereocenters. The van der Waals surface area contributed by atoms with Crippen LogP contribution in [0.2, 0.25) is 0 Å². The van der Waals surface area contributed by atoms with Crippen molar-refractivity contribution in [2.45, 2.75) is 18.6 Å². The maximum atomic E-state index is 12.8. The average molecular weight is 373 g/mol. The topological polar surface area (TPSA) is 38.8 Å². The van der Waals surface area contributed by atoms with Gasteiger partial charge in [0.25, 0.3) is 5.91 Å². The second kappa shape index (κ2) is 7.39. The number of carbonyl (C=O) groups excluding carboxylic acids is 1. The Balaban J connectivity index is 1.81. The van der Waals surface area contributed by atoms with Gasteiger partial charge in [-0.25, -0.2) is 0 Å². The van der Waals surface area contributed by atoms with Crippen LogP contribution in [0.4, 0.5) is 0 Å². The van der Waals surface area contributed by atoms with E-state index >= 15 is 0 Å². The summed E-state index contributed by atoms with van der Waals surface area (Å²) >= 11 is 0. The largest absolute Gasteiger partial charge is 0.498 e. The SMILES string of the molecule is C=C1CCN2C(=O)C(Oc3ccccc3)C2/C(OC)=C(/c2ccccc2)C1=C. The first kappa shape index (κ1) is 18.1. The van der Waals surface area contributed by atoms with Gasteiger partial charge in [0.05, 0.1) is 7.11 Å². The lowest BCUT2D eigenvalue weighted by atomic mass is 9.83. The Bertz CT molecular complexity index is 946. The lowest BCUT2D eigenvalue weighted by molar-refractivity contribution is -0.162. The molecule has 1 saturated heterocycles. The molecular weight excluding hydrogens is 350 g/mol. The summed E-state index contributed by atoms with van der Waals surface area (Å²) in [6.45, 7) is 9.04. The Morgan fingerprint density at radius 1 is 1.00 bits per heavy atom. The maximum Gasteiger partial charge on any atom is 0.267 e.